The molecule has 1 fully saturated rings. The van der Waals surface area contributed by atoms with Crippen LogP contribution in [0.25, 0.3) is 0 Å². The average Bonchev–Trinajstić information content (AvgIpc) is 2.40. The van der Waals surface area contributed by atoms with Gasteiger partial charge >= 0.3 is 0 Å². The summed E-state index contributed by atoms with van der Waals surface area (Å²) >= 11 is 0. The molecule has 0 radical (unpaired) electrons. The molecule has 17 heavy (non-hydrogen) atoms. The zero-order valence-electron chi connectivity index (χ0n) is 10.4. The van der Waals surface area contributed by atoms with Gasteiger partial charge in [-0.3, -0.25) is 0 Å². The van der Waals surface area contributed by atoms with Crippen molar-refractivity contribution in [3.05, 3.63) is 23.9 Å². The second-order valence-corrected chi connectivity index (χ2v) is 4.48. The van der Waals surface area contributed by atoms with Gasteiger partial charge in [-0.25, -0.2) is 4.98 Å². The summed E-state index contributed by atoms with van der Waals surface area (Å²) in [6, 6.07) is 4.63. The van der Waals surface area contributed by atoms with Crippen LogP contribution >= 0.6 is 0 Å². The van der Waals surface area contributed by atoms with E-state index in [-0.39, 0.29) is 0 Å². The van der Waals surface area contributed by atoms with Crippen molar-refractivity contribution < 1.29 is 4.74 Å². The summed E-state index contributed by atoms with van der Waals surface area (Å²) in [5.41, 5.74) is 6.88. The largest absolute Gasteiger partial charge is 0.381 e. The quantitative estimate of drug-likeness (QED) is 0.852. The van der Waals surface area contributed by atoms with E-state index < -0.39 is 0 Å². The molecule has 4 heteroatoms. The van der Waals surface area contributed by atoms with Crippen LogP contribution in [0.3, 0.4) is 0 Å². The topological polar surface area (TPSA) is 51.4 Å². The lowest BCUT2D eigenvalue weighted by atomic mass is 10.1. The maximum Gasteiger partial charge on any atom is 0.131 e. The van der Waals surface area contributed by atoms with Gasteiger partial charge in [-0.05, 0) is 37.4 Å². The maximum absolute atomic E-state index is 5.64. The number of nitrogens with two attached hydrogens (primary N) is 1. The highest BCUT2D eigenvalue weighted by atomic mass is 16.5. The van der Waals surface area contributed by atoms with Crippen LogP contribution in [-0.4, -0.2) is 37.8 Å². The lowest BCUT2D eigenvalue weighted by Gasteiger charge is -2.33. The van der Waals surface area contributed by atoms with Crippen LogP contribution in [0.4, 0.5) is 5.82 Å². The van der Waals surface area contributed by atoms with E-state index in [0.29, 0.717) is 12.6 Å². The first-order valence-electron chi connectivity index (χ1n) is 6.27. The van der Waals surface area contributed by atoms with Gasteiger partial charge in [-0.15, -0.1) is 0 Å². The van der Waals surface area contributed by atoms with E-state index in [9.17, 15) is 0 Å². The second-order valence-electron chi connectivity index (χ2n) is 4.48. The van der Waals surface area contributed by atoms with Gasteiger partial charge in [0.05, 0.1) is 0 Å². The van der Waals surface area contributed by atoms with Crippen molar-refractivity contribution >= 4 is 5.82 Å². The molecule has 0 atom stereocenters. The molecule has 0 amide bonds. The highest BCUT2D eigenvalue weighted by molar-refractivity contribution is 5.47. The Morgan fingerprint density at radius 1 is 1.47 bits per heavy atom. The minimum absolute atomic E-state index is 0.537. The third-order valence-electron chi connectivity index (χ3n) is 3.35. The summed E-state index contributed by atoms with van der Waals surface area (Å²) in [5, 5.41) is 0. The normalized spacial score (nSPS) is 17.1. The summed E-state index contributed by atoms with van der Waals surface area (Å²) in [7, 11) is 2.12. The minimum Gasteiger partial charge on any atom is -0.381 e. The summed E-state index contributed by atoms with van der Waals surface area (Å²) in [6.07, 6.45) is 4.90. The predicted molar refractivity (Wildman–Crippen MR) is 69.2 cm³/mol. The Balaban J connectivity index is 2.14. The van der Waals surface area contributed by atoms with Crippen molar-refractivity contribution in [2.75, 3.05) is 31.7 Å². The molecule has 1 aliphatic heterocycles. The Morgan fingerprint density at radius 2 is 2.24 bits per heavy atom. The van der Waals surface area contributed by atoms with Crippen molar-refractivity contribution in [1.82, 2.24) is 4.98 Å². The number of hydrogen-bond acceptors (Lipinski definition) is 4. The van der Waals surface area contributed by atoms with E-state index in [2.05, 4.69) is 23.0 Å². The minimum atomic E-state index is 0.537. The molecule has 1 aliphatic rings. The molecule has 1 aromatic heterocycles. The van der Waals surface area contributed by atoms with E-state index in [4.69, 9.17) is 10.5 Å². The lowest BCUT2D eigenvalue weighted by molar-refractivity contribution is 0.0853. The lowest BCUT2D eigenvalue weighted by Crippen LogP contribution is -2.37. The van der Waals surface area contributed by atoms with Crippen LogP contribution in [0.15, 0.2) is 18.3 Å². The van der Waals surface area contributed by atoms with E-state index in [0.717, 1.165) is 38.3 Å². The molecule has 0 aromatic carbocycles. The van der Waals surface area contributed by atoms with Gasteiger partial charge in [0, 0.05) is 32.5 Å². The molecule has 2 rings (SSSR count). The number of aromatic nitrogens is 1. The van der Waals surface area contributed by atoms with Crippen LogP contribution in [0.2, 0.25) is 0 Å². The van der Waals surface area contributed by atoms with Crippen LogP contribution in [-0.2, 0) is 11.2 Å². The number of rotatable bonds is 4. The van der Waals surface area contributed by atoms with Crippen molar-refractivity contribution in [2.24, 2.45) is 5.73 Å². The highest BCUT2D eigenvalue weighted by Gasteiger charge is 2.20. The van der Waals surface area contributed by atoms with E-state index >= 15 is 0 Å². The molecule has 94 valence electrons. The molecule has 2 heterocycles. The van der Waals surface area contributed by atoms with Gasteiger partial charge in [0.25, 0.3) is 0 Å². The van der Waals surface area contributed by atoms with Crippen molar-refractivity contribution in [2.45, 2.75) is 25.3 Å². The zero-order chi connectivity index (χ0) is 12.1. The summed E-state index contributed by atoms with van der Waals surface area (Å²) in [6.45, 7) is 2.38. The molecule has 1 aromatic rings. The smallest absolute Gasteiger partial charge is 0.131 e. The van der Waals surface area contributed by atoms with Gasteiger partial charge in [-0.2, -0.15) is 0 Å². The van der Waals surface area contributed by atoms with Crippen LogP contribution in [0.5, 0.6) is 0 Å². The Hall–Kier alpha value is -1.13. The first-order valence-corrected chi connectivity index (χ1v) is 6.27. The molecular formula is C13H21N3O. The SMILES string of the molecule is CN(c1ncccc1CCN)C1CCOCC1. The Morgan fingerprint density at radius 3 is 2.94 bits per heavy atom. The number of ether oxygens (including phenoxy) is 1. The van der Waals surface area contributed by atoms with Crippen LogP contribution < -0.4 is 10.6 Å². The number of pyridine rings is 1. The fourth-order valence-corrected chi connectivity index (χ4v) is 2.34. The van der Waals surface area contributed by atoms with Crippen LogP contribution in [0.1, 0.15) is 18.4 Å². The molecular weight excluding hydrogens is 214 g/mol. The Bertz CT molecular complexity index is 350. The summed E-state index contributed by atoms with van der Waals surface area (Å²) in [4.78, 5) is 6.79. The second kappa shape index (κ2) is 5.98. The number of hydrogen-bond donors (Lipinski definition) is 1. The molecule has 1 saturated heterocycles. The number of nitrogens with zero attached hydrogens (tertiary/aromatic N) is 2. The van der Waals surface area contributed by atoms with E-state index in [1.54, 1.807) is 0 Å². The average molecular weight is 235 g/mol. The molecule has 2 N–H and O–H groups in total. The molecule has 0 aliphatic carbocycles. The van der Waals surface area contributed by atoms with Gasteiger partial charge in [0.15, 0.2) is 0 Å². The molecule has 0 unspecified atom stereocenters. The number of anilines is 1. The molecule has 0 bridgehead atoms. The van der Waals surface area contributed by atoms with Crippen molar-refractivity contribution in [3.8, 4) is 0 Å². The molecule has 4 nitrogen and oxygen atoms in total. The maximum atomic E-state index is 5.64. The fraction of sp³-hybridized carbons (Fsp3) is 0.615. The van der Waals surface area contributed by atoms with Crippen molar-refractivity contribution in [1.29, 1.82) is 0 Å². The van der Waals surface area contributed by atoms with E-state index in [1.807, 2.05) is 12.3 Å². The molecule has 0 saturated carbocycles. The first kappa shape index (κ1) is 12.3. The van der Waals surface area contributed by atoms with E-state index in [1.165, 1.54) is 5.56 Å². The fourth-order valence-electron chi connectivity index (χ4n) is 2.34. The highest BCUT2D eigenvalue weighted by Crippen LogP contribution is 2.22. The summed E-state index contributed by atoms with van der Waals surface area (Å²) < 4.78 is 5.40. The Kier molecular flexibility index (Phi) is 4.34. The van der Waals surface area contributed by atoms with Crippen LogP contribution in [0, 0.1) is 0 Å². The van der Waals surface area contributed by atoms with Crippen molar-refractivity contribution in [3.63, 3.8) is 0 Å². The first-order chi connectivity index (χ1) is 8.33. The Labute approximate surface area is 103 Å². The molecule has 0 spiro atoms. The van der Waals surface area contributed by atoms with Gasteiger partial charge in [0.1, 0.15) is 5.82 Å². The zero-order valence-corrected chi connectivity index (χ0v) is 10.4. The summed E-state index contributed by atoms with van der Waals surface area (Å²) in [5.74, 6) is 1.07. The van der Waals surface area contributed by atoms with Gasteiger partial charge in [-0.1, -0.05) is 6.07 Å². The third-order valence-corrected chi connectivity index (χ3v) is 3.35. The van der Waals surface area contributed by atoms with Gasteiger partial charge < -0.3 is 15.4 Å². The third kappa shape index (κ3) is 2.96. The standard InChI is InChI=1S/C13H21N3O/c1-16(12-5-9-17-10-6-12)13-11(4-7-14)3-2-8-15-13/h2-3,8,12H,4-7,9-10,14H2,1H3. The van der Waals surface area contributed by atoms with Gasteiger partial charge in [0.2, 0.25) is 0 Å². The monoisotopic (exact) mass is 235 g/mol. The predicted octanol–water partition coefficient (Wildman–Crippen LogP) is 1.20.